The average Bonchev–Trinajstić information content (AvgIpc) is 1.99. The van der Waals surface area contributed by atoms with E-state index >= 15 is 0 Å². The van der Waals surface area contributed by atoms with Crippen molar-refractivity contribution in [2.45, 2.75) is 0 Å². The maximum absolute atomic E-state index is 12.9. The summed E-state index contributed by atoms with van der Waals surface area (Å²) < 4.78 is 13.0. The Bertz CT molecular complexity index is 345. The number of hydrogen-bond acceptors (Lipinski definition) is 4. The molecule has 0 amide bonds. The predicted octanol–water partition coefficient (Wildman–Crippen LogP) is 0.279. The van der Waals surface area contributed by atoms with Crippen LogP contribution in [0.4, 0.5) is 15.8 Å². The molecule has 0 heterocycles. The third-order valence-corrected chi connectivity index (χ3v) is 2.06. The van der Waals surface area contributed by atoms with Crippen LogP contribution in [0.15, 0.2) is 10.5 Å². The van der Waals surface area contributed by atoms with E-state index < -0.39 is 28.2 Å². The summed E-state index contributed by atoms with van der Waals surface area (Å²) >= 11 is 2.82. The second-order valence-corrected chi connectivity index (χ2v) is 3.14. The maximum Gasteiger partial charge on any atom is 0.226 e. The molecule has 0 saturated carbocycles. The van der Waals surface area contributed by atoms with Crippen molar-refractivity contribution in [2.75, 3.05) is 5.73 Å². The summed E-state index contributed by atoms with van der Waals surface area (Å²) in [5, 5.41) is 26.6. The van der Waals surface area contributed by atoms with Crippen molar-refractivity contribution in [2.24, 2.45) is 0 Å². The summed E-state index contributed by atoms with van der Waals surface area (Å²) in [6.07, 6.45) is 0. The maximum atomic E-state index is 12.9. The topological polar surface area (TPSA) is 94.0 Å². The van der Waals surface area contributed by atoms with Gasteiger partial charge in [-0.05, 0) is 22.0 Å². The normalized spacial score (nSPS) is 12.9. The van der Waals surface area contributed by atoms with Crippen LogP contribution >= 0.6 is 15.9 Å². The number of halogens is 2. The van der Waals surface area contributed by atoms with Gasteiger partial charge in [0.05, 0.1) is 4.47 Å². The zero-order valence-corrected chi connectivity index (χ0v) is 7.80. The first kappa shape index (κ1) is 10.2. The molecule has 0 aliphatic carbocycles. The van der Waals surface area contributed by atoms with Crippen molar-refractivity contribution in [1.29, 1.82) is 0 Å². The second-order valence-electron chi connectivity index (χ2n) is 2.28. The molecule has 0 bridgehead atoms. The summed E-state index contributed by atoms with van der Waals surface area (Å²) in [6.45, 7) is 0. The minimum atomic E-state index is -1.52. The van der Waals surface area contributed by atoms with Crippen LogP contribution in [-0.2, 0) is 0 Å². The van der Waals surface area contributed by atoms with Crippen LogP contribution in [0.3, 0.4) is 0 Å². The van der Waals surface area contributed by atoms with Gasteiger partial charge in [0.1, 0.15) is 5.69 Å². The molecular formula is C6H6BrFN2O3. The standard InChI is InChI=1S/C6H6BrFN2O3/c7-2-1-3(8)5(10(12)13)4(9)6(2)11/h1,10-12H,9H2. The summed E-state index contributed by atoms with van der Waals surface area (Å²) in [5.41, 5.74) is 3.98. The molecule has 0 aromatic heterocycles. The summed E-state index contributed by atoms with van der Waals surface area (Å²) in [5.74, 6) is -1.46. The largest absolute Gasteiger partial charge is 0.595 e. The molecule has 1 rings (SSSR count). The molecule has 0 saturated heterocycles. The van der Waals surface area contributed by atoms with E-state index in [-0.39, 0.29) is 4.47 Å². The third-order valence-electron chi connectivity index (χ3n) is 1.46. The van der Waals surface area contributed by atoms with Gasteiger partial charge in [0.25, 0.3) is 0 Å². The van der Waals surface area contributed by atoms with Crippen LogP contribution in [0.25, 0.3) is 0 Å². The number of phenolic OH excluding ortho intramolecular Hbond substituents is 1. The van der Waals surface area contributed by atoms with Gasteiger partial charge in [0.15, 0.2) is 11.6 Å². The van der Waals surface area contributed by atoms with Gasteiger partial charge in [0.2, 0.25) is 5.69 Å². The van der Waals surface area contributed by atoms with Crippen LogP contribution in [0.2, 0.25) is 0 Å². The van der Waals surface area contributed by atoms with Crippen LogP contribution in [0.1, 0.15) is 0 Å². The molecule has 1 atom stereocenters. The molecule has 7 heteroatoms. The Kier molecular flexibility index (Phi) is 2.71. The Labute approximate surface area is 80.9 Å². The van der Waals surface area contributed by atoms with Gasteiger partial charge >= 0.3 is 0 Å². The van der Waals surface area contributed by atoms with E-state index in [4.69, 9.17) is 16.0 Å². The number of aromatic hydroxyl groups is 1. The Morgan fingerprint density at radius 2 is 2.15 bits per heavy atom. The number of nitrogens with two attached hydrogens (primary N) is 1. The van der Waals surface area contributed by atoms with Gasteiger partial charge in [-0.25, -0.2) is 9.60 Å². The van der Waals surface area contributed by atoms with Gasteiger partial charge in [-0.3, -0.25) is 0 Å². The highest BCUT2D eigenvalue weighted by Crippen LogP contribution is 2.35. The third kappa shape index (κ3) is 1.73. The van der Waals surface area contributed by atoms with E-state index in [0.29, 0.717) is 0 Å². The Hall–Kier alpha value is -0.890. The fraction of sp³-hybridized carbons (Fsp3) is 0. The number of phenols is 1. The quantitative estimate of drug-likeness (QED) is 0.328. The summed E-state index contributed by atoms with van der Waals surface area (Å²) in [6, 6.07) is 0.842. The molecule has 13 heavy (non-hydrogen) atoms. The average molecular weight is 253 g/mol. The van der Waals surface area contributed by atoms with Crippen molar-refractivity contribution in [1.82, 2.24) is 0 Å². The van der Waals surface area contributed by atoms with E-state index in [2.05, 4.69) is 15.9 Å². The van der Waals surface area contributed by atoms with Crippen molar-refractivity contribution < 1.29 is 19.9 Å². The highest BCUT2D eigenvalue weighted by atomic mass is 79.9. The molecular weight excluding hydrogens is 247 g/mol. The summed E-state index contributed by atoms with van der Waals surface area (Å²) in [7, 11) is 0. The monoisotopic (exact) mass is 252 g/mol. The lowest BCUT2D eigenvalue weighted by atomic mass is 10.2. The number of rotatable bonds is 1. The number of quaternary nitrogens is 1. The Morgan fingerprint density at radius 1 is 1.62 bits per heavy atom. The van der Waals surface area contributed by atoms with Crippen molar-refractivity contribution in [3.8, 4) is 5.75 Å². The zero-order valence-electron chi connectivity index (χ0n) is 6.21. The van der Waals surface area contributed by atoms with Crippen molar-refractivity contribution in [3.63, 3.8) is 0 Å². The minimum absolute atomic E-state index is 0.0208. The lowest BCUT2D eigenvalue weighted by Crippen LogP contribution is -2.99. The molecule has 0 fully saturated rings. The minimum Gasteiger partial charge on any atom is -0.595 e. The number of nitrogen functional groups attached to an aromatic ring is 1. The lowest BCUT2D eigenvalue weighted by Gasteiger charge is -2.15. The number of benzene rings is 1. The van der Waals surface area contributed by atoms with E-state index in [1.165, 1.54) is 0 Å². The molecule has 0 aliphatic rings. The van der Waals surface area contributed by atoms with Crippen LogP contribution in [0, 0.1) is 11.0 Å². The van der Waals surface area contributed by atoms with Gasteiger partial charge in [-0.1, -0.05) is 0 Å². The van der Waals surface area contributed by atoms with Crippen LogP contribution in [0.5, 0.6) is 5.75 Å². The van der Waals surface area contributed by atoms with Crippen LogP contribution in [-0.4, -0.2) is 10.3 Å². The fourth-order valence-electron chi connectivity index (χ4n) is 0.845. The Morgan fingerprint density at radius 3 is 2.62 bits per heavy atom. The molecule has 0 aliphatic heterocycles. The molecule has 5 N–H and O–H groups in total. The lowest BCUT2D eigenvalue weighted by molar-refractivity contribution is -0.991. The van der Waals surface area contributed by atoms with E-state index in [0.717, 1.165) is 6.07 Å². The zero-order chi connectivity index (χ0) is 10.2. The fourth-order valence-corrected chi connectivity index (χ4v) is 1.26. The number of nitrogens with one attached hydrogen (secondary N) is 1. The van der Waals surface area contributed by atoms with E-state index in [9.17, 15) is 9.60 Å². The molecule has 1 unspecified atom stereocenters. The summed E-state index contributed by atoms with van der Waals surface area (Å²) in [4.78, 5) is 0. The first-order chi connectivity index (χ1) is 5.95. The SMILES string of the molecule is Nc1c(O)c(Br)cc(F)c1[NH+]([O-])O. The van der Waals surface area contributed by atoms with E-state index in [1.807, 2.05) is 0 Å². The Balaban J connectivity index is 3.44. The number of anilines is 1. The molecule has 72 valence electrons. The highest BCUT2D eigenvalue weighted by molar-refractivity contribution is 9.10. The van der Waals surface area contributed by atoms with Gasteiger partial charge in [-0.2, -0.15) is 5.23 Å². The first-order valence-corrected chi connectivity index (χ1v) is 3.94. The molecule has 0 spiro atoms. The van der Waals surface area contributed by atoms with Crippen molar-refractivity contribution >= 4 is 27.3 Å². The highest BCUT2D eigenvalue weighted by Gasteiger charge is 2.19. The molecule has 0 radical (unpaired) electrons. The van der Waals surface area contributed by atoms with Gasteiger partial charge < -0.3 is 16.0 Å². The molecule has 1 aromatic rings. The predicted molar refractivity (Wildman–Crippen MR) is 46.0 cm³/mol. The molecule has 1 aromatic carbocycles. The van der Waals surface area contributed by atoms with Gasteiger partial charge in [-0.15, -0.1) is 0 Å². The van der Waals surface area contributed by atoms with Crippen LogP contribution < -0.4 is 11.0 Å². The van der Waals surface area contributed by atoms with Gasteiger partial charge in [0, 0.05) is 0 Å². The first-order valence-electron chi connectivity index (χ1n) is 3.15. The second kappa shape index (κ2) is 3.46. The van der Waals surface area contributed by atoms with Crippen molar-refractivity contribution in [3.05, 3.63) is 21.6 Å². The molecule has 5 nitrogen and oxygen atoms in total. The smallest absolute Gasteiger partial charge is 0.226 e. The van der Waals surface area contributed by atoms with E-state index in [1.54, 1.807) is 0 Å². The number of hydrogen-bond donors (Lipinski definition) is 4.